The molecule has 0 amide bonds. The first-order valence-electron chi connectivity index (χ1n) is 5.62. The van der Waals surface area contributed by atoms with Gasteiger partial charge in [-0.3, -0.25) is 0 Å². The van der Waals surface area contributed by atoms with E-state index >= 15 is 0 Å². The van der Waals surface area contributed by atoms with Crippen LogP contribution in [0.25, 0.3) is 16.2 Å². The number of fused-ring (bicyclic) bond motifs is 2. The van der Waals surface area contributed by atoms with Crippen molar-refractivity contribution in [1.82, 2.24) is 5.32 Å². The topological polar surface area (TPSA) is 15.3 Å². The molecular formula is C13H12N2S. The summed E-state index contributed by atoms with van der Waals surface area (Å²) < 4.78 is 1.40. The van der Waals surface area contributed by atoms with Gasteiger partial charge in [0, 0.05) is 35.4 Å². The highest BCUT2D eigenvalue weighted by Crippen LogP contribution is 2.40. The Morgan fingerprint density at radius 2 is 2.31 bits per heavy atom. The summed E-state index contributed by atoms with van der Waals surface area (Å²) >= 11 is 1.85. The van der Waals surface area contributed by atoms with E-state index in [2.05, 4.69) is 39.9 Å². The molecular weight excluding hydrogens is 216 g/mol. The largest absolute Gasteiger partial charge is 0.342 e. The number of nitrogens with zero attached hydrogens (tertiary/aromatic N) is 1. The Bertz CT molecular complexity index is 597. The standard InChI is InChI=1S/C13H12N2S/c1-2-11-13-9(8-16-12(13)3-1)6-10-7-14-4-5-15(10)11/h1-3,6,8,14H,4-5,7H2. The molecule has 2 aliphatic rings. The molecule has 1 saturated heterocycles. The number of hydrogen-bond acceptors (Lipinski definition) is 3. The lowest BCUT2D eigenvalue weighted by molar-refractivity contribution is 0.649. The van der Waals surface area contributed by atoms with Crippen molar-refractivity contribution in [1.29, 1.82) is 0 Å². The van der Waals surface area contributed by atoms with Gasteiger partial charge in [-0.05, 0) is 29.2 Å². The molecule has 80 valence electrons. The van der Waals surface area contributed by atoms with Gasteiger partial charge in [-0.2, -0.15) is 0 Å². The lowest BCUT2D eigenvalue weighted by Gasteiger charge is -2.35. The van der Waals surface area contributed by atoms with E-state index in [1.165, 1.54) is 27.0 Å². The molecule has 1 aromatic carbocycles. The summed E-state index contributed by atoms with van der Waals surface area (Å²) in [6, 6.07) is 6.63. The van der Waals surface area contributed by atoms with E-state index in [0.29, 0.717) is 0 Å². The molecule has 0 radical (unpaired) electrons. The fraction of sp³-hybridized carbons (Fsp3) is 0.231. The van der Waals surface area contributed by atoms with Crippen molar-refractivity contribution in [2.45, 2.75) is 0 Å². The van der Waals surface area contributed by atoms with Gasteiger partial charge in [-0.15, -0.1) is 11.3 Å². The van der Waals surface area contributed by atoms with Crippen LogP contribution in [-0.4, -0.2) is 19.6 Å². The van der Waals surface area contributed by atoms with E-state index in [1.807, 2.05) is 11.3 Å². The summed E-state index contributed by atoms with van der Waals surface area (Å²) in [5.41, 5.74) is 4.20. The van der Waals surface area contributed by atoms with Crippen LogP contribution in [0.3, 0.4) is 0 Å². The van der Waals surface area contributed by atoms with Crippen LogP contribution in [0.15, 0.2) is 29.3 Å². The van der Waals surface area contributed by atoms with Crippen molar-refractivity contribution in [3.63, 3.8) is 0 Å². The van der Waals surface area contributed by atoms with Crippen LogP contribution in [0.5, 0.6) is 0 Å². The molecule has 1 N–H and O–H groups in total. The maximum Gasteiger partial charge on any atom is 0.0503 e. The fourth-order valence-corrected chi connectivity index (χ4v) is 3.59. The van der Waals surface area contributed by atoms with Crippen LogP contribution in [0.4, 0.5) is 5.69 Å². The zero-order valence-corrected chi connectivity index (χ0v) is 9.68. The van der Waals surface area contributed by atoms with Crippen LogP contribution in [0.2, 0.25) is 0 Å². The number of nitrogens with one attached hydrogen (secondary N) is 1. The minimum atomic E-state index is 0.992. The molecule has 1 fully saturated rings. The highest BCUT2D eigenvalue weighted by atomic mass is 32.1. The molecule has 3 heterocycles. The molecule has 0 bridgehead atoms. The molecule has 0 atom stereocenters. The SMILES string of the molecule is C1=C2CNCCN2c2cccc3scc1c23. The molecule has 2 aliphatic heterocycles. The number of anilines is 1. The predicted molar refractivity (Wildman–Crippen MR) is 70.0 cm³/mol. The van der Waals surface area contributed by atoms with Gasteiger partial charge >= 0.3 is 0 Å². The molecule has 0 unspecified atom stereocenters. The highest BCUT2D eigenvalue weighted by Gasteiger charge is 2.23. The Morgan fingerprint density at radius 1 is 1.31 bits per heavy atom. The van der Waals surface area contributed by atoms with Gasteiger partial charge in [0.05, 0.1) is 5.69 Å². The van der Waals surface area contributed by atoms with Crippen molar-refractivity contribution < 1.29 is 0 Å². The molecule has 4 rings (SSSR count). The summed E-state index contributed by atoms with van der Waals surface area (Å²) in [6.07, 6.45) is 2.33. The van der Waals surface area contributed by atoms with Crippen molar-refractivity contribution in [2.75, 3.05) is 24.5 Å². The number of rotatable bonds is 0. The molecule has 0 spiro atoms. The van der Waals surface area contributed by atoms with Crippen molar-refractivity contribution in [3.05, 3.63) is 34.8 Å². The van der Waals surface area contributed by atoms with Gasteiger partial charge in [0.1, 0.15) is 0 Å². The van der Waals surface area contributed by atoms with Crippen LogP contribution in [0, 0.1) is 0 Å². The lowest BCUT2D eigenvalue weighted by Crippen LogP contribution is -2.42. The minimum Gasteiger partial charge on any atom is -0.342 e. The third-order valence-corrected chi connectivity index (χ3v) is 4.35. The first-order valence-corrected chi connectivity index (χ1v) is 6.50. The first-order chi connectivity index (χ1) is 7.93. The molecule has 0 saturated carbocycles. The monoisotopic (exact) mass is 228 g/mol. The van der Waals surface area contributed by atoms with Gasteiger partial charge in [-0.25, -0.2) is 0 Å². The summed E-state index contributed by atoms with van der Waals surface area (Å²) in [6.45, 7) is 3.15. The number of benzene rings is 1. The predicted octanol–water partition coefficient (Wildman–Crippen LogP) is 2.67. The van der Waals surface area contributed by atoms with Crippen LogP contribution >= 0.6 is 11.3 Å². The normalized spacial score (nSPS) is 18.5. The van der Waals surface area contributed by atoms with Gasteiger partial charge in [0.15, 0.2) is 0 Å². The van der Waals surface area contributed by atoms with Crippen LogP contribution in [0.1, 0.15) is 5.56 Å². The zero-order valence-electron chi connectivity index (χ0n) is 8.86. The molecule has 1 aromatic heterocycles. The third kappa shape index (κ3) is 1.05. The van der Waals surface area contributed by atoms with E-state index in [-0.39, 0.29) is 0 Å². The van der Waals surface area contributed by atoms with E-state index in [0.717, 1.165) is 19.6 Å². The van der Waals surface area contributed by atoms with E-state index in [9.17, 15) is 0 Å². The number of thiophene rings is 1. The first kappa shape index (κ1) is 8.79. The van der Waals surface area contributed by atoms with E-state index < -0.39 is 0 Å². The molecule has 3 heteroatoms. The van der Waals surface area contributed by atoms with Crippen LogP contribution < -0.4 is 10.2 Å². The average molecular weight is 228 g/mol. The maximum atomic E-state index is 3.43. The smallest absolute Gasteiger partial charge is 0.0503 e. The second-order valence-electron chi connectivity index (χ2n) is 4.31. The van der Waals surface area contributed by atoms with Crippen molar-refractivity contribution in [2.24, 2.45) is 0 Å². The molecule has 2 aromatic rings. The quantitative estimate of drug-likeness (QED) is 0.745. The minimum absolute atomic E-state index is 0.992. The third-order valence-electron chi connectivity index (χ3n) is 3.38. The summed E-state index contributed by atoms with van der Waals surface area (Å²) in [5, 5.41) is 7.15. The Labute approximate surface area is 98.2 Å². The average Bonchev–Trinajstić information content (AvgIpc) is 2.75. The number of piperazine rings is 1. The molecule has 16 heavy (non-hydrogen) atoms. The lowest BCUT2D eigenvalue weighted by atomic mass is 10.0. The van der Waals surface area contributed by atoms with Gasteiger partial charge in [-0.1, -0.05) is 6.07 Å². The maximum absolute atomic E-state index is 3.43. The van der Waals surface area contributed by atoms with E-state index in [4.69, 9.17) is 0 Å². The Morgan fingerprint density at radius 3 is 3.31 bits per heavy atom. The zero-order chi connectivity index (χ0) is 10.5. The second kappa shape index (κ2) is 3.09. The van der Waals surface area contributed by atoms with Gasteiger partial charge < -0.3 is 10.2 Å². The van der Waals surface area contributed by atoms with Crippen LogP contribution in [-0.2, 0) is 0 Å². The van der Waals surface area contributed by atoms with Crippen molar-refractivity contribution in [3.8, 4) is 0 Å². The van der Waals surface area contributed by atoms with Gasteiger partial charge in [0.25, 0.3) is 0 Å². The fourth-order valence-electron chi connectivity index (χ4n) is 2.65. The van der Waals surface area contributed by atoms with E-state index in [1.54, 1.807) is 0 Å². The van der Waals surface area contributed by atoms with Gasteiger partial charge in [0.2, 0.25) is 0 Å². The summed E-state index contributed by atoms with van der Waals surface area (Å²) in [7, 11) is 0. The molecule has 2 nitrogen and oxygen atoms in total. The number of hydrogen-bond donors (Lipinski definition) is 1. The summed E-state index contributed by atoms with van der Waals surface area (Å²) in [4.78, 5) is 2.46. The molecule has 0 aliphatic carbocycles. The Hall–Kier alpha value is -1.32. The Balaban J connectivity index is 2.06. The van der Waals surface area contributed by atoms with Crippen molar-refractivity contribution >= 4 is 33.2 Å². The highest BCUT2D eigenvalue weighted by molar-refractivity contribution is 7.17. The Kier molecular flexibility index (Phi) is 1.70. The summed E-state index contributed by atoms with van der Waals surface area (Å²) in [5.74, 6) is 0. The second-order valence-corrected chi connectivity index (χ2v) is 5.22.